The molecule has 0 amide bonds. The van der Waals surface area contributed by atoms with Crippen LogP contribution in [0.4, 0.5) is 8.78 Å². The van der Waals surface area contributed by atoms with Crippen LogP contribution in [0, 0.1) is 15.3 Å². The predicted octanol–water partition coefficient (Wildman–Crippen LogP) is 8.59. The maximum Gasteiger partial charge on any atom is 0.138 e. The second-order valence-electron chi connectivity index (χ2n) is 9.97. The summed E-state index contributed by atoms with van der Waals surface area (Å²) in [5.41, 5.74) is 4.09. The third-order valence-electron chi connectivity index (χ3n) is 7.60. The van der Waals surface area contributed by atoms with E-state index in [-0.39, 0.29) is 11.3 Å². The minimum atomic E-state index is -0.952. The molecule has 7 rings (SSSR count). The Morgan fingerprint density at radius 1 is 0.619 bits per heavy atom. The predicted molar refractivity (Wildman–Crippen MR) is 169 cm³/mol. The third-order valence-corrected chi connectivity index (χ3v) is 8.40. The van der Waals surface area contributed by atoms with Crippen molar-refractivity contribution in [2.75, 3.05) is 0 Å². The number of aromatic nitrogens is 4. The topological polar surface area (TPSA) is 35.1 Å². The van der Waals surface area contributed by atoms with Gasteiger partial charge < -0.3 is 0 Å². The number of hydrogen-bond acceptors (Lipinski definition) is 2. The molecule has 0 aliphatic rings. The number of nitrogens with zero attached hydrogens (tertiary/aromatic N) is 4. The van der Waals surface area contributed by atoms with E-state index in [0.29, 0.717) is 5.56 Å². The maximum absolute atomic E-state index is 15.5. The van der Waals surface area contributed by atoms with Gasteiger partial charge in [-0.25, -0.2) is 13.8 Å². The molecule has 0 N–H and O–H groups in total. The van der Waals surface area contributed by atoms with Gasteiger partial charge in [0.25, 0.3) is 0 Å². The minimum absolute atomic E-state index is 0.172. The molecule has 0 aliphatic heterocycles. The summed E-state index contributed by atoms with van der Waals surface area (Å²) < 4.78 is 35.7. The minimum Gasteiger partial charge on any atom is -0.294 e. The van der Waals surface area contributed by atoms with Crippen molar-refractivity contribution in [2.45, 2.75) is 5.54 Å². The summed E-state index contributed by atoms with van der Waals surface area (Å²) in [6, 6.07) is 37.9. The Bertz CT molecular complexity index is 1900. The zero-order chi connectivity index (χ0) is 28.7. The van der Waals surface area contributed by atoms with E-state index in [1.807, 2.05) is 88.2 Å². The van der Waals surface area contributed by atoms with Crippen LogP contribution in [0.1, 0.15) is 16.7 Å². The van der Waals surface area contributed by atoms with E-state index in [1.54, 1.807) is 6.20 Å². The Balaban J connectivity index is 1.61. The molecule has 0 saturated heterocycles. The SMILES string of the molecule is Fc1cccc(F)c1-c1nn(C(c2ccccc2)(c2ccccc2)c2ccccc2)cc1-c1ccc2ncc(I)n2c1. The largest absolute Gasteiger partial charge is 0.294 e. The summed E-state index contributed by atoms with van der Waals surface area (Å²) in [6.07, 6.45) is 5.62. The van der Waals surface area contributed by atoms with Crippen LogP contribution in [0.15, 0.2) is 140 Å². The molecule has 0 aliphatic carbocycles. The van der Waals surface area contributed by atoms with Crippen LogP contribution in [0.25, 0.3) is 28.0 Å². The average Bonchev–Trinajstić information content (AvgIpc) is 3.63. The monoisotopic (exact) mass is 664 g/mol. The van der Waals surface area contributed by atoms with Crippen LogP contribution in [0.2, 0.25) is 0 Å². The molecule has 7 aromatic rings. The fourth-order valence-electron chi connectivity index (χ4n) is 5.71. The summed E-state index contributed by atoms with van der Waals surface area (Å²) in [4.78, 5) is 4.44. The Labute approximate surface area is 255 Å². The molecular weight excluding hydrogens is 641 g/mol. The molecule has 0 radical (unpaired) electrons. The van der Waals surface area contributed by atoms with Crippen molar-refractivity contribution in [2.24, 2.45) is 0 Å². The standard InChI is InChI=1S/C35H23F2IN4/c36-29-17-10-18-30(37)33(29)34-28(24-19-20-32-39-21-31(38)41(32)22-24)23-42(40-34)35(25-11-4-1-5-12-25,26-13-6-2-7-14-26)27-15-8-3-9-16-27/h1-23H. The maximum atomic E-state index is 15.5. The summed E-state index contributed by atoms with van der Waals surface area (Å²) in [6.45, 7) is 0. The first-order valence-electron chi connectivity index (χ1n) is 13.4. The first-order chi connectivity index (χ1) is 20.6. The molecule has 0 fully saturated rings. The molecule has 3 heterocycles. The number of fused-ring (bicyclic) bond motifs is 1. The fraction of sp³-hybridized carbons (Fsp3) is 0.0286. The Kier molecular flexibility index (Phi) is 6.66. The van der Waals surface area contributed by atoms with E-state index in [2.05, 4.69) is 64.0 Å². The Morgan fingerprint density at radius 2 is 1.17 bits per heavy atom. The van der Waals surface area contributed by atoms with Gasteiger partial charge in [0, 0.05) is 23.5 Å². The van der Waals surface area contributed by atoms with Crippen molar-refractivity contribution in [3.8, 4) is 22.4 Å². The van der Waals surface area contributed by atoms with Crippen molar-refractivity contribution in [1.82, 2.24) is 19.2 Å². The van der Waals surface area contributed by atoms with E-state index < -0.39 is 17.2 Å². The van der Waals surface area contributed by atoms with Crippen LogP contribution in [0.3, 0.4) is 0 Å². The molecule has 42 heavy (non-hydrogen) atoms. The van der Waals surface area contributed by atoms with E-state index in [0.717, 1.165) is 31.6 Å². The highest BCUT2D eigenvalue weighted by atomic mass is 127. The van der Waals surface area contributed by atoms with Gasteiger partial charge in [-0.1, -0.05) is 97.1 Å². The van der Waals surface area contributed by atoms with E-state index >= 15 is 8.78 Å². The second-order valence-corrected chi connectivity index (χ2v) is 11.1. The van der Waals surface area contributed by atoms with Gasteiger partial charge in [0.1, 0.15) is 32.2 Å². The smallest absolute Gasteiger partial charge is 0.138 e. The molecule has 7 heteroatoms. The number of benzene rings is 4. The lowest BCUT2D eigenvalue weighted by atomic mass is 9.77. The molecule has 4 nitrogen and oxygen atoms in total. The van der Waals surface area contributed by atoms with Crippen LogP contribution in [-0.2, 0) is 5.54 Å². The molecule has 0 bridgehead atoms. The van der Waals surface area contributed by atoms with Gasteiger partial charge in [0.15, 0.2) is 0 Å². The van der Waals surface area contributed by atoms with E-state index in [9.17, 15) is 0 Å². The van der Waals surface area contributed by atoms with Gasteiger partial charge in [0.05, 0.1) is 11.8 Å². The van der Waals surface area contributed by atoms with E-state index in [4.69, 9.17) is 5.10 Å². The summed E-state index contributed by atoms with van der Waals surface area (Å²) in [5, 5.41) is 5.08. The van der Waals surface area contributed by atoms with Gasteiger partial charge in [-0.15, -0.1) is 0 Å². The van der Waals surface area contributed by atoms with E-state index in [1.165, 1.54) is 18.2 Å². The van der Waals surface area contributed by atoms with Gasteiger partial charge >= 0.3 is 0 Å². The van der Waals surface area contributed by atoms with Crippen molar-refractivity contribution >= 4 is 28.2 Å². The number of rotatable bonds is 6. The Hall–Kier alpha value is -4.63. The molecule has 0 spiro atoms. The average molecular weight is 664 g/mol. The molecule has 204 valence electrons. The van der Waals surface area contributed by atoms with Crippen LogP contribution >= 0.6 is 22.6 Å². The molecule has 3 aromatic heterocycles. The highest BCUT2D eigenvalue weighted by molar-refractivity contribution is 14.1. The second kappa shape index (κ2) is 10.6. The van der Waals surface area contributed by atoms with Gasteiger partial charge in [-0.2, -0.15) is 5.10 Å². The lowest BCUT2D eigenvalue weighted by Gasteiger charge is -2.36. The molecule has 0 atom stereocenters. The highest BCUT2D eigenvalue weighted by Crippen LogP contribution is 2.43. The Morgan fingerprint density at radius 3 is 1.71 bits per heavy atom. The van der Waals surface area contributed by atoms with Crippen LogP contribution in [0.5, 0.6) is 0 Å². The van der Waals surface area contributed by atoms with Crippen molar-refractivity contribution in [3.63, 3.8) is 0 Å². The van der Waals surface area contributed by atoms with Crippen LogP contribution in [-0.4, -0.2) is 19.2 Å². The molecule has 0 saturated carbocycles. The number of pyridine rings is 1. The summed E-state index contributed by atoms with van der Waals surface area (Å²) in [7, 11) is 0. The number of hydrogen-bond donors (Lipinski definition) is 0. The molecular formula is C35H23F2IN4. The van der Waals surface area contributed by atoms with Gasteiger partial charge in [0.2, 0.25) is 0 Å². The quantitative estimate of drug-likeness (QED) is 0.132. The third kappa shape index (κ3) is 4.23. The normalized spacial score (nSPS) is 11.7. The first-order valence-corrected chi connectivity index (χ1v) is 14.5. The van der Waals surface area contributed by atoms with Gasteiger partial charge in [-0.05, 0) is 63.5 Å². The fourth-order valence-corrected chi connectivity index (χ4v) is 6.24. The number of imidazole rings is 1. The van der Waals surface area contributed by atoms with Gasteiger partial charge in [-0.3, -0.25) is 9.08 Å². The van der Waals surface area contributed by atoms with Crippen molar-refractivity contribution in [3.05, 3.63) is 172 Å². The molecule has 4 aromatic carbocycles. The zero-order valence-corrected chi connectivity index (χ0v) is 24.4. The zero-order valence-electron chi connectivity index (χ0n) is 22.2. The highest BCUT2D eigenvalue weighted by Gasteiger charge is 2.40. The summed E-state index contributed by atoms with van der Waals surface area (Å²) >= 11 is 2.22. The molecule has 0 unspecified atom stereocenters. The number of halogens is 3. The lowest BCUT2D eigenvalue weighted by Crippen LogP contribution is -2.38. The lowest BCUT2D eigenvalue weighted by molar-refractivity contribution is 0.460. The van der Waals surface area contributed by atoms with Crippen LogP contribution < -0.4 is 0 Å². The first kappa shape index (κ1) is 26.3. The van der Waals surface area contributed by atoms with Crippen molar-refractivity contribution < 1.29 is 8.78 Å². The van der Waals surface area contributed by atoms with Crippen molar-refractivity contribution in [1.29, 1.82) is 0 Å². The summed E-state index contributed by atoms with van der Waals surface area (Å²) in [5.74, 6) is -1.35.